The Labute approximate surface area is 70.4 Å². The second kappa shape index (κ2) is 3.25. The minimum absolute atomic E-state index is 0.0137. The number of ether oxygens (including phenoxy) is 2. The highest BCUT2D eigenvalue weighted by Crippen LogP contribution is 2.14. The summed E-state index contributed by atoms with van der Waals surface area (Å²) in [4.78, 5) is 0. The summed E-state index contributed by atoms with van der Waals surface area (Å²) in [6.45, 7) is 3.19. The maximum Gasteiger partial charge on any atom is 0.181 e. The minimum atomic E-state index is -0.0137. The molecule has 1 aromatic heterocycles. The van der Waals surface area contributed by atoms with E-state index >= 15 is 0 Å². The third kappa shape index (κ3) is 1.84. The highest BCUT2D eigenvalue weighted by molar-refractivity contribution is 5.03. The SMILES string of the molecule is CCc1cc(COC2CO2)on1. The molecule has 1 aromatic rings. The molecule has 4 heteroatoms. The van der Waals surface area contributed by atoms with E-state index in [1.165, 1.54) is 0 Å². The molecule has 1 unspecified atom stereocenters. The molecule has 0 aliphatic carbocycles. The van der Waals surface area contributed by atoms with Crippen molar-refractivity contribution in [2.24, 2.45) is 0 Å². The van der Waals surface area contributed by atoms with E-state index in [9.17, 15) is 0 Å². The van der Waals surface area contributed by atoms with Crippen molar-refractivity contribution in [3.63, 3.8) is 0 Å². The quantitative estimate of drug-likeness (QED) is 0.633. The Morgan fingerprint density at radius 3 is 3.17 bits per heavy atom. The van der Waals surface area contributed by atoms with Gasteiger partial charge in [0, 0.05) is 6.07 Å². The van der Waals surface area contributed by atoms with Crippen molar-refractivity contribution in [1.29, 1.82) is 0 Å². The second-order valence-corrected chi connectivity index (χ2v) is 2.71. The molecule has 1 atom stereocenters. The maximum atomic E-state index is 5.24. The summed E-state index contributed by atoms with van der Waals surface area (Å²) in [5.74, 6) is 0.766. The van der Waals surface area contributed by atoms with Crippen LogP contribution in [0, 0.1) is 0 Å². The lowest BCUT2D eigenvalue weighted by atomic mass is 10.3. The van der Waals surface area contributed by atoms with E-state index < -0.39 is 0 Å². The van der Waals surface area contributed by atoms with Crippen LogP contribution in [0.15, 0.2) is 10.6 Å². The summed E-state index contributed by atoms with van der Waals surface area (Å²) in [7, 11) is 0. The summed E-state index contributed by atoms with van der Waals surface area (Å²) in [5, 5.41) is 3.84. The van der Waals surface area contributed by atoms with E-state index in [1.54, 1.807) is 0 Å². The van der Waals surface area contributed by atoms with Crippen LogP contribution < -0.4 is 0 Å². The van der Waals surface area contributed by atoms with Crippen molar-refractivity contribution in [3.8, 4) is 0 Å². The molecular weight excluding hydrogens is 158 g/mol. The highest BCUT2D eigenvalue weighted by Gasteiger charge is 2.23. The molecule has 1 saturated heterocycles. The summed E-state index contributed by atoms with van der Waals surface area (Å²) in [5.41, 5.74) is 0.963. The fourth-order valence-electron chi connectivity index (χ4n) is 0.901. The van der Waals surface area contributed by atoms with E-state index in [0.29, 0.717) is 13.2 Å². The Kier molecular flexibility index (Phi) is 2.10. The molecule has 1 aliphatic heterocycles. The molecule has 0 bridgehead atoms. The van der Waals surface area contributed by atoms with Crippen LogP contribution in [0.4, 0.5) is 0 Å². The maximum absolute atomic E-state index is 5.24. The molecule has 1 aliphatic rings. The van der Waals surface area contributed by atoms with E-state index in [4.69, 9.17) is 14.0 Å². The Morgan fingerprint density at radius 2 is 2.58 bits per heavy atom. The third-order valence-corrected chi connectivity index (χ3v) is 1.68. The monoisotopic (exact) mass is 169 g/mol. The first-order valence-electron chi connectivity index (χ1n) is 4.06. The summed E-state index contributed by atoms with van der Waals surface area (Å²) < 4.78 is 15.1. The zero-order valence-corrected chi connectivity index (χ0v) is 6.95. The van der Waals surface area contributed by atoms with Gasteiger partial charge in [-0.2, -0.15) is 0 Å². The van der Waals surface area contributed by atoms with Crippen molar-refractivity contribution in [3.05, 3.63) is 17.5 Å². The van der Waals surface area contributed by atoms with Crippen LogP contribution in [0.5, 0.6) is 0 Å². The standard InChI is InChI=1S/C8H11NO3/c1-2-6-3-7(12-9-6)4-10-8-5-11-8/h3,8H,2,4-5H2,1H3. The normalized spacial score (nSPS) is 21.2. The van der Waals surface area contributed by atoms with Gasteiger partial charge in [0.15, 0.2) is 12.1 Å². The molecule has 66 valence electrons. The van der Waals surface area contributed by atoms with Crippen molar-refractivity contribution < 1.29 is 14.0 Å². The third-order valence-electron chi connectivity index (χ3n) is 1.68. The predicted octanol–water partition coefficient (Wildman–Crippen LogP) is 1.11. The molecule has 4 nitrogen and oxygen atoms in total. The van der Waals surface area contributed by atoms with Crippen molar-refractivity contribution >= 4 is 0 Å². The van der Waals surface area contributed by atoms with Crippen LogP contribution in [-0.2, 0) is 22.5 Å². The van der Waals surface area contributed by atoms with Crippen molar-refractivity contribution in [1.82, 2.24) is 5.16 Å². The zero-order valence-electron chi connectivity index (χ0n) is 6.95. The van der Waals surface area contributed by atoms with Crippen molar-refractivity contribution in [2.75, 3.05) is 6.61 Å². The van der Waals surface area contributed by atoms with Gasteiger partial charge in [-0.1, -0.05) is 12.1 Å². The van der Waals surface area contributed by atoms with Gasteiger partial charge in [-0.05, 0) is 6.42 Å². The lowest BCUT2D eigenvalue weighted by molar-refractivity contribution is 0.0271. The molecule has 1 fully saturated rings. The lowest BCUT2D eigenvalue weighted by Gasteiger charge is -1.92. The number of hydrogen-bond acceptors (Lipinski definition) is 4. The van der Waals surface area contributed by atoms with Gasteiger partial charge in [0.25, 0.3) is 0 Å². The van der Waals surface area contributed by atoms with Crippen LogP contribution in [0.3, 0.4) is 0 Å². The first-order valence-corrected chi connectivity index (χ1v) is 4.06. The molecule has 12 heavy (non-hydrogen) atoms. The van der Waals surface area contributed by atoms with E-state index in [1.807, 2.05) is 13.0 Å². The number of aryl methyl sites for hydroxylation is 1. The Morgan fingerprint density at radius 1 is 1.75 bits per heavy atom. The average molecular weight is 169 g/mol. The summed E-state index contributed by atoms with van der Waals surface area (Å²) >= 11 is 0. The molecule has 0 aromatic carbocycles. The molecule has 2 heterocycles. The number of hydrogen-bond donors (Lipinski definition) is 0. The molecule has 2 rings (SSSR count). The molecule has 0 radical (unpaired) electrons. The predicted molar refractivity (Wildman–Crippen MR) is 40.4 cm³/mol. The zero-order chi connectivity index (χ0) is 8.39. The number of rotatable bonds is 4. The van der Waals surface area contributed by atoms with Gasteiger partial charge in [0.1, 0.15) is 13.2 Å². The number of nitrogens with zero attached hydrogens (tertiary/aromatic N) is 1. The van der Waals surface area contributed by atoms with Crippen LogP contribution in [0.2, 0.25) is 0 Å². The van der Waals surface area contributed by atoms with E-state index in [0.717, 1.165) is 17.9 Å². The summed E-state index contributed by atoms with van der Waals surface area (Å²) in [6, 6.07) is 1.91. The highest BCUT2D eigenvalue weighted by atomic mass is 16.8. The van der Waals surface area contributed by atoms with Gasteiger partial charge >= 0.3 is 0 Å². The molecule has 0 saturated carbocycles. The fraction of sp³-hybridized carbons (Fsp3) is 0.625. The second-order valence-electron chi connectivity index (χ2n) is 2.71. The van der Waals surface area contributed by atoms with Crippen LogP contribution in [-0.4, -0.2) is 18.1 Å². The molecule has 0 amide bonds. The molecule has 0 spiro atoms. The van der Waals surface area contributed by atoms with Gasteiger partial charge in [0.2, 0.25) is 0 Å². The Bertz CT molecular complexity index is 255. The average Bonchev–Trinajstić information content (AvgIpc) is 2.81. The molecule has 0 N–H and O–H groups in total. The fourth-order valence-corrected chi connectivity index (χ4v) is 0.901. The topological polar surface area (TPSA) is 47.8 Å². The van der Waals surface area contributed by atoms with Gasteiger partial charge < -0.3 is 14.0 Å². The Hall–Kier alpha value is -0.870. The van der Waals surface area contributed by atoms with E-state index in [-0.39, 0.29) is 6.29 Å². The smallest absolute Gasteiger partial charge is 0.181 e. The largest absolute Gasteiger partial charge is 0.359 e. The number of aromatic nitrogens is 1. The number of epoxide rings is 1. The minimum Gasteiger partial charge on any atom is -0.359 e. The van der Waals surface area contributed by atoms with Gasteiger partial charge in [-0.15, -0.1) is 0 Å². The van der Waals surface area contributed by atoms with Crippen LogP contribution in [0.1, 0.15) is 18.4 Å². The lowest BCUT2D eigenvalue weighted by Crippen LogP contribution is -1.94. The van der Waals surface area contributed by atoms with E-state index in [2.05, 4.69) is 5.16 Å². The molecular formula is C8H11NO3. The van der Waals surface area contributed by atoms with Crippen LogP contribution in [0.25, 0.3) is 0 Å². The van der Waals surface area contributed by atoms with Gasteiger partial charge in [-0.3, -0.25) is 0 Å². The van der Waals surface area contributed by atoms with Gasteiger partial charge in [-0.25, -0.2) is 0 Å². The van der Waals surface area contributed by atoms with Crippen LogP contribution >= 0.6 is 0 Å². The van der Waals surface area contributed by atoms with Crippen molar-refractivity contribution in [2.45, 2.75) is 26.2 Å². The first-order chi connectivity index (χ1) is 5.88. The summed E-state index contributed by atoms with van der Waals surface area (Å²) in [6.07, 6.45) is 0.879. The Balaban J connectivity index is 1.84. The first kappa shape index (κ1) is 7.76. The van der Waals surface area contributed by atoms with Gasteiger partial charge in [0.05, 0.1) is 5.69 Å².